The van der Waals surface area contributed by atoms with Crippen LogP contribution in [-0.2, 0) is 4.74 Å². The minimum atomic E-state index is -0.419. The lowest BCUT2D eigenvalue weighted by Gasteiger charge is -2.58. The molecule has 0 spiro atoms. The summed E-state index contributed by atoms with van der Waals surface area (Å²) in [5.74, 6) is 3.39. The molecule has 0 bridgehead atoms. The van der Waals surface area contributed by atoms with E-state index < -0.39 is 5.60 Å². The average molecular weight is 345 g/mol. The van der Waals surface area contributed by atoms with Gasteiger partial charge in [0.1, 0.15) is 0 Å². The van der Waals surface area contributed by atoms with E-state index in [1.54, 1.807) is 7.11 Å². The van der Waals surface area contributed by atoms with Crippen LogP contribution >= 0.6 is 0 Å². The van der Waals surface area contributed by atoms with Gasteiger partial charge in [-0.05, 0) is 85.2 Å². The van der Waals surface area contributed by atoms with Gasteiger partial charge in [-0.1, -0.05) is 33.3 Å². The second-order valence-electron chi connectivity index (χ2n) is 9.78. The van der Waals surface area contributed by atoms with Gasteiger partial charge < -0.3 is 9.84 Å². The lowest BCUT2D eigenvalue weighted by Crippen LogP contribution is -2.54. The van der Waals surface area contributed by atoms with E-state index in [-0.39, 0.29) is 5.41 Å². The number of rotatable bonds is 3. The van der Waals surface area contributed by atoms with Crippen LogP contribution < -0.4 is 0 Å². The molecule has 0 aromatic carbocycles. The summed E-state index contributed by atoms with van der Waals surface area (Å²) < 4.78 is 5.55. The SMILES string of the molecule is CCC[C@]1(O)CC[C@H]2[C@@H]3CC=C4C=C(OC)CC[C@]4(C)[C@H]3CC[C@@]21C. The number of ether oxygens (including phenoxy) is 1. The average Bonchev–Trinajstić information content (AvgIpc) is 2.86. The molecule has 4 rings (SSSR count). The molecule has 0 aliphatic heterocycles. The maximum Gasteiger partial charge on any atom is 0.0958 e. The summed E-state index contributed by atoms with van der Waals surface area (Å²) in [6.45, 7) is 7.15. The number of aliphatic hydroxyl groups is 1. The fraction of sp³-hybridized carbons (Fsp3) is 0.826. The minimum absolute atomic E-state index is 0.133. The third kappa shape index (κ3) is 2.32. The number of methoxy groups -OCH3 is 1. The van der Waals surface area contributed by atoms with E-state index in [0.717, 1.165) is 43.3 Å². The van der Waals surface area contributed by atoms with E-state index in [4.69, 9.17) is 4.74 Å². The second-order valence-corrected chi connectivity index (χ2v) is 9.78. The van der Waals surface area contributed by atoms with Gasteiger partial charge in [0.25, 0.3) is 0 Å². The summed E-state index contributed by atoms with van der Waals surface area (Å²) in [6.07, 6.45) is 15.2. The molecule has 2 nitrogen and oxygen atoms in total. The van der Waals surface area contributed by atoms with Crippen molar-refractivity contribution >= 4 is 0 Å². The molecule has 25 heavy (non-hydrogen) atoms. The normalized spacial score (nSPS) is 48.8. The van der Waals surface area contributed by atoms with E-state index in [0.29, 0.717) is 11.3 Å². The van der Waals surface area contributed by atoms with E-state index in [1.165, 1.54) is 37.7 Å². The fourth-order valence-electron chi connectivity index (χ4n) is 7.39. The number of hydrogen-bond acceptors (Lipinski definition) is 2. The van der Waals surface area contributed by atoms with Crippen LogP contribution in [0.1, 0.15) is 78.6 Å². The Morgan fingerprint density at radius 1 is 1.16 bits per heavy atom. The molecule has 140 valence electrons. The van der Waals surface area contributed by atoms with Crippen molar-refractivity contribution in [2.75, 3.05) is 7.11 Å². The maximum atomic E-state index is 11.5. The molecule has 0 amide bonds. The van der Waals surface area contributed by atoms with E-state index in [1.807, 2.05) is 0 Å². The molecule has 0 heterocycles. The minimum Gasteiger partial charge on any atom is -0.501 e. The Kier molecular flexibility index (Phi) is 4.15. The first-order chi connectivity index (χ1) is 11.9. The largest absolute Gasteiger partial charge is 0.501 e. The van der Waals surface area contributed by atoms with Crippen LogP contribution in [0.15, 0.2) is 23.5 Å². The molecule has 6 atom stereocenters. The zero-order chi connectivity index (χ0) is 17.9. The zero-order valence-corrected chi connectivity index (χ0v) is 16.6. The van der Waals surface area contributed by atoms with Crippen molar-refractivity contribution in [3.8, 4) is 0 Å². The van der Waals surface area contributed by atoms with E-state index in [2.05, 4.69) is 32.9 Å². The van der Waals surface area contributed by atoms with Crippen molar-refractivity contribution in [1.29, 1.82) is 0 Å². The van der Waals surface area contributed by atoms with Gasteiger partial charge >= 0.3 is 0 Å². The summed E-state index contributed by atoms with van der Waals surface area (Å²) in [4.78, 5) is 0. The van der Waals surface area contributed by atoms with Crippen LogP contribution in [-0.4, -0.2) is 17.8 Å². The van der Waals surface area contributed by atoms with Gasteiger partial charge in [0.15, 0.2) is 0 Å². The molecule has 4 aliphatic rings. The third-order valence-corrected chi connectivity index (χ3v) is 8.98. The molecule has 0 aromatic rings. The lowest BCUT2D eigenvalue weighted by molar-refractivity contribution is -0.125. The topological polar surface area (TPSA) is 29.5 Å². The van der Waals surface area contributed by atoms with Gasteiger partial charge in [0.05, 0.1) is 18.5 Å². The Bertz CT molecular complexity index is 605. The fourth-order valence-corrected chi connectivity index (χ4v) is 7.39. The summed E-state index contributed by atoms with van der Waals surface area (Å²) >= 11 is 0. The standard InChI is InChI=1S/C23H36O2/c1-5-11-23(24)14-10-20-18-7-6-16-15-17(25-4)8-12-21(16,2)19(18)9-13-22(20,23)3/h6,15,18-20,24H,5,7-14H2,1-4H3/t18-,19+,20+,21+,22+,23+/m1/s1. The number of allylic oxidation sites excluding steroid dienone is 4. The predicted octanol–water partition coefficient (Wildman–Crippen LogP) is 5.62. The quantitative estimate of drug-likeness (QED) is 0.720. The summed E-state index contributed by atoms with van der Waals surface area (Å²) in [6, 6.07) is 0. The Hall–Kier alpha value is -0.760. The van der Waals surface area contributed by atoms with Crippen molar-refractivity contribution in [3.63, 3.8) is 0 Å². The zero-order valence-electron chi connectivity index (χ0n) is 16.6. The van der Waals surface area contributed by atoms with Gasteiger partial charge in [0, 0.05) is 6.42 Å². The summed E-state index contributed by atoms with van der Waals surface area (Å²) in [5.41, 5.74) is 1.56. The second kappa shape index (κ2) is 5.87. The van der Waals surface area contributed by atoms with Gasteiger partial charge in [-0.25, -0.2) is 0 Å². The Morgan fingerprint density at radius 2 is 1.92 bits per heavy atom. The van der Waals surface area contributed by atoms with Crippen LogP contribution in [0.2, 0.25) is 0 Å². The van der Waals surface area contributed by atoms with Crippen LogP contribution in [0, 0.1) is 28.6 Å². The Balaban J connectivity index is 1.67. The van der Waals surface area contributed by atoms with Gasteiger partial charge in [-0.15, -0.1) is 0 Å². The highest BCUT2D eigenvalue weighted by Crippen LogP contribution is 2.67. The van der Waals surface area contributed by atoms with Crippen molar-refractivity contribution in [1.82, 2.24) is 0 Å². The molecule has 2 heteroatoms. The highest BCUT2D eigenvalue weighted by Gasteiger charge is 2.62. The first-order valence-electron chi connectivity index (χ1n) is 10.6. The molecule has 2 fully saturated rings. The van der Waals surface area contributed by atoms with Crippen molar-refractivity contribution in [3.05, 3.63) is 23.5 Å². The number of fused-ring (bicyclic) bond motifs is 5. The smallest absolute Gasteiger partial charge is 0.0958 e. The van der Waals surface area contributed by atoms with Crippen LogP contribution in [0.3, 0.4) is 0 Å². The van der Waals surface area contributed by atoms with Gasteiger partial charge in [-0.3, -0.25) is 0 Å². The molecule has 0 radical (unpaired) electrons. The molecule has 4 aliphatic carbocycles. The van der Waals surface area contributed by atoms with Crippen molar-refractivity contribution < 1.29 is 9.84 Å². The van der Waals surface area contributed by atoms with Crippen molar-refractivity contribution in [2.24, 2.45) is 28.6 Å². The maximum absolute atomic E-state index is 11.5. The molecule has 0 aromatic heterocycles. The summed E-state index contributed by atoms with van der Waals surface area (Å²) in [5, 5.41) is 11.5. The molecule has 1 N–H and O–H groups in total. The molecular formula is C23H36O2. The van der Waals surface area contributed by atoms with Crippen LogP contribution in [0.5, 0.6) is 0 Å². The third-order valence-electron chi connectivity index (χ3n) is 8.98. The van der Waals surface area contributed by atoms with E-state index >= 15 is 0 Å². The van der Waals surface area contributed by atoms with Crippen LogP contribution in [0.25, 0.3) is 0 Å². The summed E-state index contributed by atoms with van der Waals surface area (Å²) in [7, 11) is 1.81. The lowest BCUT2D eigenvalue weighted by atomic mass is 9.47. The van der Waals surface area contributed by atoms with Gasteiger partial charge in [0.2, 0.25) is 0 Å². The monoisotopic (exact) mass is 344 g/mol. The Morgan fingerprint density at radius 3 is 2.64 bits per heavy atom. The highest BCUT2D eigenvalue weighted by atomic mass is 16.5. The molecule has 0 unspecified atom stereocenters. The first kappa shape index (κ1) is 17.6. The van der Waals surface area contributed by atoms with Gasteiger partial charge in [-0.2, -0.15) is 0 Å². The predicted molar refractivity (Wildman–Crippen MR) is 102 cm³/mol. The number of hydrogen-bond donors (Lipinski definition) is 1. The van der Waals surface area contributed by atoms with Crippen LogP contribution in [0.4, 0.5) is 0 Å². The highest BCUT2D eigenvalue weighted by molar-refractivity contribution is 5.36. The molecular weight excluding hydrogens is 308 g/mol. The van der Waals surface area contributed by atoms with Crippen molar-refractivity contribution in [2.45, 2.75) is 84.2 Å². The molecule has 2 saturated carbocycles. The first-order valence-corrected chi connectivity index (χ1v) is 10.6. The molecule has 0 saturated heterocycles. The Labute approximate surface area is 153 Å². The van der Waals surface area contributed by atoms with E-state index in [9.17, 15) is 5.11 Å².